The molecule has 0 aromatic carbocycles. The van der Waals surface area contributed by atoms with E-state index in [1.807, 2.05) is 0 Å². The van der Waals surface area contributed by atoms with E-state index in [0.717, 1.165) is 4.68 Å². The highest BCUT2D eigenvalue weighted by molar-refractivity contribution is 5.86. The van der Waals surface area contributed by atoms with Gasteiger partial charge in [0.05, 0.1) is 6.54 Å². The van der Waals surface area contributed by atoms with Gasteiger partial charge in [-0.25, -0.2) is 18.3 Å². The minimum atomic E-state index is -3.01. The van der Waals surface area contributed by atoms with E-state index in [0.29, 0.717) is 0 Å². The van der Waals surface area contributed by atoms with Crippen LogP contribution >= 0.6 is 0 Å². The predicted molar refractivity (Wildman–Crippen MR) is 55.2 cm³/mol. The average Bonchev–Trinajstić information content (AvgIpc) is 2.69. The van der Waals surface area contributed by atoms with Gasteiger partial charge in [-0.15, -0.1) is 5.10 Å². The van der Waals surface area contributed by atoms with Crippen LogP contribution in [0.2, 0.25) is 0 Å². The Morgan fingerprint density at radius 2 is 2.06 bits per heavy atom. The fourth-order valence-electron chi connectivity index (χ4n) is 1.28. The maximum Gasteiger partial charge on any atom is 0.358 e. The van der Waals surface area contributed by atoms with Gasteiger partial charge in [0.2, 0.25) is 5.91 Å². The smallest absolute Gasteiger partial charge is 0.358 e. The van der Waals surface area contributed by atoms with Gasteiger partial charge >= 0.3 is 5.97 Å². The fourth-order valence-corrected chi connectivity index (χ4v) is 1.28. The van der Waals surface area contributed by atoms with E-state index in [4.69, 9.17) is 5.11 Å². The van der Waals surface area contributed by atoms with Crippen molar-refractivity contribution in [1.82, 2.24) is 19.9 Å². The monoisotopic (exact) mass is 262 g/mol. The molecule has 0 bridgehead atoms. The Kier molecular flexibility index (Phi) is 4.29. The zero-order valence-corrected chi connectivity index (χ0v) is 9.80. The Hall–Kier alpha value is -2.06. The second kappa shape index (κ2) is 5.52. The Bertz CT molecular complexity index is 459. The van der Waals surface area contributed by atoms with Gasteiger partial charge in [-0.2, -0.15) is 0 Å². The van der Waals surface area contributed by atoms with Gasteiger partial charge in [0.25, 0.3) is 6.43 Å². The van der Waals surface area contributed by atoms with Crippen molar-refractivity contribution in [3.05, 3.63) is 11.4 Å². The van der Waals surface area contributed by atoms with Crippen molar-refractivity contribution in [1.29, 1.82) is 0 Å². The lowest BCUT2D eigenvalue weighted by molar-refractivity contribution is -0.129. The van der Waals surface area contributed by atoms with Crippen LogP contribution in [0.3, 0.4) is 0 Å². The summed E-state index contributed by atoms with van der Waals surface area (Å²) >= 11 is 0. The van der Waals surface area contributed by atoms with Crippen LogP contribution < -0.4 is 0 Å². The molecule has 100 valence electrons. The molecule has 1 rings (SSSR count). The first kappa shape index (κ1) is 14.0. The molecule has 0 aliphatic rings. The molecule has 0 fully saturated rings. The number of aromatic carboxylic acids is 1. The number of carboxylic acid groups (broad SMARTS) is 1. The van der Waals surface area contributed by atoms with E-state index < -0.39 is 23.8 Å². The second-order valence-electron chi connectivity index (χ2n) is 3.69. The molecule has 9 heteroatoms. The lowest BCUT2D eigenvalue weighted by Gasteiger charge is -2.10. The number of rotatable bonds is 5. The highest BCUT2D eigenvalue weighted by atomic mass is 19.3. The van der Waals surface area contributed by atoms with Crippen LogP contribution in [-0.4, -0.2) is 51.0 Å². The normalized spacial score (nSPS) is 10.7. The van der Waals surface area contributed by atoms with Crippen LogP contribution in [0.1, 0.15) is 29.0 Å². The zero-order valence-electron chi connectivity index (χ0n) is 9.80. The highest BCUT2D eigenvalue weighted by Gasteiger charge is 2.26. The number of hydrogen-bond donors (Lipinski definition) is 1. The van der Waals surface area contributed by atoms with Gasteiger partial charge in [0.1, 0.15) is 5.69 Å². The first-order chi connectivity index (χ1) is 8.34. The third kappa shape index (κ3) is 2.99. The van der Waals surface area contributed by atoms with E-state index in [-0.39, 0.29) is 18.9 Å². The van der Waals surface area contributed by atoms with E-state index in [1.54, 1.807) is 0 Å². The summed E-state index contributed by atoms with van der Waals surface area (Å²) in [5, 5.41) is 15.2. The Balaban J connectivity index is 2.90. The van der Waals surface area contributed by atoms with Crippen molar-refractivity contribution in [2.45, 2.75) is 19.4 Å². The molecule has 0 unspecified atom stereocenters. The second-order valence-corrected chi connectivity index (χ2v) is 3.69. The van der Waals surface area contributed by atoms with Crippen molar-refractivity contribution in [2.24, 2.45) is 0 Å². The van der Waals surface area contributed by atoms with Crippen molar-refractivity contribution in [2.75, 3.05) is 14.1 Å². The number of carboxylic acids is 1. The van der Waals surface area contributed by atoms with Crippen LogP contribution in [0.15, 0.2) is 0 Å². The van der Waals surface area contributed by atoms with Gasteiger partial charge in [-0.1, -0.05) is 5.21 Å². The standard InChI is InChI=1S/C9H12F2N4O3/c1-14(2)5(16)3-4-15-7(8(10)11)6(9(17)18)12-13-15/h8H,3-4H2,1-2H3,(H,17,18). The molecule has 18 heavy (non-hydrogen) atoms. The third-order valence-corrected chi connectivity index (χ3v) is 2.22. The minimum Gasteiger partial charge on any atom is -0.476 e. The zero-order chi connectivity index (χ0) is 13.9. The summed E-state index contributed by atoms with van der Waals surface area (Å²) in [5.74, 6) is -1.85. The predicted octanol–water partition coefficient (Wildman–Crippen LogP) is 0.392. The summed E-state index contributed by atoms with van der Waals surface area (Å²) in [7, 11) is 3.06. The highest BCUT2D eigenvalue weighted by Crippen LogP contribution is 2.21. The number of aryl methyl sites for hydroxylation is 1. The van der Waals surface area contributed by atoms with Crippen LogP contribution in [0.5, 0.6) is 0 Å². The van der Waals surface area contributed by atoms with Gasteiger partial charge in [0, 0.05) is 20.5 Å². The lowest BCUT2D eigenvalue weighted by Crippen LogP contribution is -2.23. The molecular weight excluding hydrogens is 250 g/mol. The number of halogens is 2. The largest absolute Gasteiger partial charge is 0.476 e. The summed E-state index contributed by atoms with van der Waals surface area (Å²) in [4.78, 5) is 23.3. The first-order valence-corrected chi connectivity index (χ1v) is 4.99. The van der Waals surface area contributed by atoms with Crippen molar-refractivity contribution in [3.8, 4) is 0 Å². The SMILES string of the molecule is CN(C)C(=O)CCn1nnc(C(=O)O)c1C(F)F. The molecule has 0 radical (unpaired) electrons. The molecule has 0 aliphatic heterocycles. The van der Waals surface area contributed by atoms with Crippen LogP contribution in [0.4, 0.5) is 8.78 Å². The fraction of sp³-hybridized carbons (Fsp3) is 0.556. The maximum atomic E-state index is 12.7. The van der Waals surface area contributed by atoms with Crippen LogP contribution in [-0.2, 0) is 11.3 Å². The number of hydrogen-bond acceptors (Lipinski definition) is 4. The van der Waals surface area contributed by atoms with Gasteiger partial charge in [-0.3, -0.25) is 4.79 Å². The van der Waals surface area contributed by atoms with E-state index >= 15 is 0 Å². The molecule has 1 aromatic heterocycles. The summed E-state index contributed by atoms with van der Waals surface area (Å²) in [5.41, 5.74) is -1.57. The van der Waals surface area contributed by atoms with Gasteiger partial charge in [-0.05, 0) is 0 Å². The molecule has 0 atom stereocenters. The number of nitrogens with zero attached hydrogens (tertiary/aromatic N) is 4. The van der Waals surface area contributed by atoms with Crippen molar-refractivity contribution < 1.29 is 23.5 Å². The van der Waals surface area contributed by atoms with Crippen LogP contribution in [0, 0.1) is 0 Å². The Labute approximate surface area is 101 Å². The summed E-state index contributed by atoms with van der Waals surface area (Å²) in [6.45, 7) is -0.142. The molecule has 1 N–H and O–H groups in total. The summed E-state index contributed by atoms with van der Waals surface area (Å²) < 4.78 is 26.2. The van der Waals surface area contributed by atoms with E-state index in [9.17, 15) is 18.4 Å². The Morgan fingerprint density at radius 3 is 2.50 bits per heavy atom. The first-order valence-electron chi connectivity index (χ1n) is 4.99. The quantitative estimate of drug-likeness (QED) is 0.829. The Morgan fingerprint density at radius 1 is 1.44 bits per heavy atom. The topological polar surface area (TPSA) is 88.3 Å². The molecule has 0 spiro atoms. The molecule has 0 saturated carbocycles. The number of alkyl halides is 2. The van der Waals surface area contributed by atoms with Crippen molar-refractivity contribution >= 4 is 11.9 Å². The molecule has 0 aliphatic carbocycles. The maximum absolute atomic E-state index is 12.7. The molecule has 1 aromatic rings. The van der Waals surface area contributed by atoms with Crippen molar-refractivity contribution in [3.63, 3.8) is 0 Å². The van der Waals surface area contributed by atoms with Gasteiger partial charge in [0.15, 0.2) is 5.69 Å². The molecular formula is C9H12F2N4O3. The number of amides is 1. The number of carbonyl (C=O) groups is 2. The third-order valence-electron chi connectivity index (χ3n) is 2.22. The molecule has 1 amide bonds. The molecule has 0 saturated heterocycles. The van der Waals surface area contributed by atoms with E-state index in [1.165, 1.54) is 19.0 Å². The summed E-state index contributed by atoms with van der Waals surface area (Å²) in [6.07, 6.45) is -3.07. The average molecular weight is 262 g/mol. The molecule has 1 heterocycles. The number of aromatic nitrogens is 3. The lowest BCUT2D eigenvalue weighted by atomic mass is 10.3. The van der Waals surface area contributed by atoms with Gasteiger partial charge < -0.3 is 10.0 Å². The van der Waals surface area contributed by atoms with Crippen LogP contribution in [0.25, 0.3) is 0 Å². The molecule has 7 nitrogen and oxygen atoms in total. The van der Waals surface area contributed by atoms with E-state index in [2.05, 4.69) is 10.3 Å². The summed E-state index contributed by atoms with van der Waals surface area (Å²) in [6, 6.07) is 0. The number of carbonyl (C=O) groups excluding carboxylic acids is 1. The minimum absolute atomic E-state index is 0.0604.